The third kappa shape index (κ3) is 1.85. The molecule has 1 heterocycles. The molecule has 1 aliphatic carbocycles. The summed E-state index contributed by atoms with van der Waals surface area (Å²) in [5.74, 6) is 1.25. The van der Waals surface area contributed by atoms with Crippen LogP contribution in [0.15, 0.2) is 18.2 Å². The molecule has 1 saturated carbocycles. The average Bonchev–Trinajstić information content (AvgIpc) is 2.99. The van der Waals surface area contributed by atoms with E-state index in [0.717, 1.165) is 18.7 Å². The molecule has 0 aliphatic heterocycles. The van der Waals surface area contributed by atoms with Crippen LogP contribution in [0, 0.1) is 5.82 Å². The van der Waals surface area contributed by atoms with Gasteiger partial charge >= 0.3 is 0 Å². The molecule has 0 amide bonds. The molecule has 3 N–H and O–H groups in total. The molecule has 5 heteroatoms. The Labute approximate surface area is 104 Å². The lowest BCUT2D eigenvalue weighted by Gasteiger charge is -2.03. The lowest BCUT2D eigenvalue weighted by Crippen LogP contribution is -1.96. The molecule has 0 spiro atoms. The van der Waals surface area contributed by atoms with E-state index in [1.54, 1.807) is 12.1 Å². The Morgan fingerprint density at radius 1 is 1.28 bits per heavy atom. The molecule has 1 aliphatic rings. The SMILES string of the molecule is Nc1cccc(F)c1-c1n[nH]c(C2CCCC2)n1. The lowest BCUT2D eigenvalue weighted by atomic mass is 10.1. The van der Waals surface area contributed by atoms with Crippen molar-refractivity contribution in [2.75, 3.05) is 5.73 Å². The smallest absolute Gasteiger partial charge is 0.186 e. The van der Waals surface area contributed by atoms with E-state index in [1.165, 1.54) is 18.9 Å². The summed E-state index contributed by atoms with van der Waals surface area (Å²) in [6.07, 6.45) is 4.70. The van der Waals surface area contributed by atoms with E-state index in [4.69, 9.17) is 5.73 Å². The van der Waals surface area contributed by atoms with Gasteiger partial charge in [0.05, 0.1) is 5.56 Å². The predicted octanol–water partition coefficient (Wildman–Crippen LogP) is 2.85. The molecule has 0 radical (unpaired) electrons. The number of rotatable bonds is 2. The molecule has 4 nitrogen and oxygen atoms in total. The van der Waals surface area contributed by atoms with Gasteiger partial charge in [0, 0.05) is 11.6 Å². The van der Waals surface area contributed by atoms with Crippen molar-refractivity contribution in [2.45, 2.75) is 31.6 Å². The van der Waals surface area contributed by atoms with Crippen molar-refractivity contribution in [1.29, 1.82) is 0 Å². The van der Waals surface area contributed by atoms with Crippen molar-refractivity contribution < 1.29 is 4.39 Å². The Bertz CT molecular complexity index is 538. The Morgan fingerprint density at radius 3 is 2.78 bits per heavy atom. The van der Waals surface area contributed by atoms with Crippen LogP contribution in [-0.4, -0.2) is 15.2 Å². The second-order valence-electron chi connectivity index (χ2n) is 4.73. The largest absolute Gasteiger partial charge is 0.398 e. The zero-order valence-corrected chi connectivity index (χ0v) is 9.99. The number of nitrogens with two attached hydrogens (primary N) is 1. The average molecular weight is 246 g/mol. The number of hydrogen-bond donors (Lipinski definition) is 2. The highest BCUT2D eigenvalue weighted by Crippen LogP contribution is 2.33. The highest BCUT2D eigenvalue weighted by molar-refractivity contribution is 5.71. The molecule has 3 rings (SSSR count). The number of anilines is 1. The van der Waals surface area contributed by atoms with Crippen LogP contribution < -0.4 is 5.73 Å². The number of aromatic amines is 1. The fourth-order valence-electron chi connectivity index (χ4n) is 2.54. The third-order valence-corrected chi connectivity index (χ3v) is 3.51. The van der Waals surface area contributed by atoms with Gasteiger partial charge in [0.15, 0.2) is 5.82 Å². The monoisotopic (exact) mass is 246 g/mol. The minimum atomic E-state index is -0.382. The lowest BCUT2D eigenvalue weighted by molar-refractivity contribution is 0.630. The zero-order valence-electron chi connectivity index (χ0n) is 9.99. The molecule has 94 valence electrons. The maximum atomic E-state index is 13.7. The van der Waals surface area contributed by atoms with Crippen molar-refractivity contribution in [3.8, 4) is 11.4 Å². The summed E-state index contributed by atoms with van der Waals surface area (Å²) >= 11 is 0. The summed E-state index contributed by atoms with van der Waals surface area (Å²) in [5.41, 5.74) is 6.44. The molecule has 1 aromatic heterocycles. The van der Waals surface area contributed by atoms with Gasteiger partial charge in [0.1, 0.15) is 11.6 Å². The molecule has 0 atom stereocenters. The first-order valence-electron chi connectivity index (χ1n) is 6.22. The minimum Gasteiger partial charge on any atom is -0.398 e. The highest BCUT2D eigenvalue weighted by Gasteiger charge is 2.22. The number of halogens is 1. The first kappa shape index (κ1) is 11.2. The first-order valence-corrected chi connectivity index (χ1v) is 6.22. The van der Waals surface area contributed by atoms with Crippen LogP contribution in [-0.2, 0) is 0 Å². The Balaban J connectivity index is 1.97. The standard InChI is InChI=1S/C13H15FN4/c14-9-6-3-7-10(15)11(9)13-16-12(17-18-13)8-4-1-2-5-8/h3,6-8H,1-2,4-5,15H2,(H,16,17,18). The van der Waals surface area contributed by atoms with Crippen molar-refractivity contribution in [3.05, 3.63) is 29.8 Å². The summed E-state index contributed by atoms with van der Waals surface area (Å²) in [4.78, 5) is 4.40. The maximum absolute atomic E-state index is 13.7. The van der Waals surface area contributed by atoms with Gasteiger partial charge in [0.25, 0.3) is 0 Å². The first-order chi connectivity index (χ1) is 8.75. The second kappa shape index (κ2) is 4.40. The van der Waals surface area contributed by atoms with Crippen LogP contribution in [0.3, 0.4) is 0 Å². The number of hydrogen-bond acceptors (Lipinski definition) is 3. The molecule has 2 aromatic rings. The maximum Gasteiger partial charge on any atom is 0.186 e. The van der Waals surface area contributed by atoms with E-state index >= 15 is 0 Å². The van der Waals surface area contributed by atoms with E-state index in [9.17, 15) is 4.39 Å². The topological polar surface area (TPSA) is 67.6 Å². The number of nitrogens with zero attached hydrogens (tertiary/aromatic N) is 2. The normalized spacial score (nSPS) is 16.3. The van der Waals surface area contributed by atoms with Crippen molar-refractivity contribution in [1.82, 2.24) is 15.2 Å². The van der Waals surface area contributed by atoms with E-state index in [1.807, 2.05) is 0 Å². The van der Waals surface area contributed by atoms with Crippen molar-refractivity contribution in [3.63, 3.8) is 0 Å². The third-order valence-electron chi connectivity index (χ3n) is 3.51. The Morgan fingerprint density at radius 2 is 2.06 bits per heavy atom. The molecule has 0 bridgehead atoms. The van der Waals surface area contributed by atoms with Gasteiger partial charge in [-0.1, -0.05) is 18.9 Å². The van der Waals surface area contributed by atoms with Gasteiger partial charge in [-0.05, 0) is 25.0 Å². The predicted molar refractivity (Wildman–Crippen MR) is 67.4 cm³/mol. The minimum absolute atomic E-state index is 0.290. The number of nitrogens with one attached hydrogen (secondary N) is 1. The zero-order chi connectivity index (χ0) is 12.5. The number of benzene rings is 1. The summed E-state index contributed by atoms with van der Waals surface area (Å²) < 4.78 is 13.7. The quantitative estimate of drug-likeness (QED) is 0.800. The molecular formula is C13H15FN4. The van der Waals surface area contributed by atoms with E-state index < -0.39 is 0 Å². The van der Waals surface area contributed by atoms with Crippen LogP contribution in [0.2, 0.25) is 0 Å². The molecule has 1 fully saturated rings. The molecule has 18 heavy (non-hydrogen) atoms. The molecule has 0 saturated heterocycles. The van der Waals surface area contributed by atoms with E-state index in [-0.39, 0.29) is 11.4 Å². The van der Waals surface area contributed by atoms with E-state index in [2.05, 4.69) is 15.2 Å². The van der Waals surface area contributed by atoms with Crippen LogP contribution in [0.4, 0.5) is 10.1 Å². The fraction of sp³-hybridized carbons (Fsp3) is 0.385. The van der Waals surface area contributed by atoms with Crippen molar-refractivity contribution in [2.24, 2.45) is 0 Å². The van der Waals surface area contributed by atoms with Crippen LogP contribution in [0.5, 0.6) is 0 Å². The summed E-state index contributed by atoms with van der Waals surface area (Å²) in [7, 11) is 0. The fourth-order valence-corrected chi connectivity index (χ4v) is 2.54. The summed E-state index contributed by atoms with van der Waals surface area (Å²) in [5, 5.41) is 7.01. The number of H-pyrrole nitrogens is 1. The van der Waals surface area contributed by atoms with Crippen LogP contribution in [0.25, 0.3) is 11.4 Å². The van der Waals surface area contributed by atoms with E-state index in [0.29, 0.717) is 17.4 Å². The van der Waals surface area contributed by atoms with Gasteiger partial charge in [-0.25, -0.2) is 9.37 Å². The Hall–Kier alpha value is -1.91. The van der Waals surface area contributed by atoms with Gasteiger partial charge in [0.2, 0.25) is 0 Å². The van der Waals surface area contributed by atoms with Gasteiger partial charge in [-0.2, -0.15) is 5.10 Å². The van der Waals surface area contributed by atoms with Gasteiger partial charge < -0.3 is 5.73 Å². The van der Waals surface area contributed by atoms with Gasteiger partial charge in [-0.15, -0.1) is 0 Å². The van der Waals surface area contributed by atoms with Crippen LogP contribution >= 0.6 is 0 Å². The summed E-state index contributed by atoms with van der Waals surface area (Å²) in [6, 6.07) is 4.61. The van der Waals surface area contributed by atoms with Gasteiger partial charge in [-0.3, -0.25) is 5.10 Å². The van der Waals surface area contributed by atoms with Crippen molar-refractivity contribution >= 4 is 5.69 Å². The molecule has 0 unspecified atom stereocenters. The second-order valence-corrected chi connectivity index (χ2v) is 4.73. The number of nitrogen functional groups attached to an aromatic ring is 1. The summed E-state index contributed by atoms with van der Waals surface area (Å²) in [6.45, 7) is 0. The highest BCUT2D eigenvalue weighted by atomic mass is 19.1. The van der Waals surface area contributed by atoms with Crippen LogP contribution in [0.1, 0.15) is 37.4 Å². The Kier molecular flexibility index (Phi) is 2.74. The molecular weight excluding hydrogens is 231 g/mol. The number of aromatic nitrogens is 3. The molecule has 1 aromatic carbocycles.